The summed E-state index contributed by atoms with van der Waals surface area (Å²) in [5.74, 6) is -1.12. The Hall–Kier alpha value is -1.24. The molecule has 0 aliphatic heterocycles. The summed E-state index contributed by atoms with van der Waals surface area (Å²) in [5.41, 5.74) is -0.843. The van der Waals surface area contributed by atoms with Crippen LogP contribution in [0.3, 0.4) is 0 Å². The van der Waals surface area contributed by atoms with Crippen molar-refractivity contribution in [2.75, 3.05) is 13.7 Å². The van der Waals surface area contributed by atoms with Gasteiger partial charge in [-0.05, 0) is 6.92 Å². The predicted octanol–water partition coefficient (Wildman–Crippen LogP) is 0.178. The van der Waals surface area contributed by atoms with E-state index in [2.05, 4.69) is 14.7 Å². The Morgan fingerprint density at radius 1 is 1.57 bits per heavy atom. The fourth-order valence-corrected chi connectivity index (χ4v) is 0.635. The van der Waals surface area contributed by atoms with E-state index in [-0.39, 0.29) is 6.61 Å². The van der Waals surface area contributed by atoms with Crippen LogP contribution in [0, 0.1) is 0 Å². The zero-order valence-electron chi connectivity index (χ0n) is 7.74. The lowest BCUT2D eigenvalue weighted by Crippen LogP contribution is -2.35. The predicted molar refractivity (Wildman–Crippen MR) is 43.1 cm³/mol. The Labute approximate surface area is 79.3 Å². The maximum atomic E-state index is 12.0. The van der Waals surface area contributed by atoms with Crippen LogP contribution in [-0.2, 0) is 14.4 Å². The number of hydrogen-bond acceptors (Lipinski definition) is 5. The smallest absolute Gasteiger partial charge is 0.359 e. The van der Waals surface area contributed by atoms with Crippen LogP contribution in [0.4, 0.5) is 8.78 Å². The van der Waals surface area contributed by atoms with Crippen LogP contribution >= 0.6 is 0 Å². The number of nitrogens with zero attached hydrogens (tertiary/aromatic N) is 1. The molecule has 5 nitrogen and oxygen atoms in total. The maximum Gasteiger partial charge on any atom is 0.359 e. The van der Waals surface area contributed by atoms with Crippen LogP contribution in [0.1, 0.15) is 6.92 Å². The number of carbonyl (C=O) groups excluding carboxylic acids is 1. The second-order valence-electron chi connectivity index (χ2n) is 2.16. The Bertz CT molecular complexity index is 220. The Morgan fingerprint density at radius 3 is 2.50 bits per heavy atom. The summed E-state index contributed by atoms with van der Waals surface area (Å²) in [5, 5.41) is 11.8. The van der Waals surface area contributed by atoms with Crippen LogP contribution in [0.2, 0.25) is 0 Å². The number of aliphatic hydroxyl groups is 1. The van der Waals surface area contributed by atoms with E-state index in [1.807, 2.05) is 0 Å². The molecule has 0 rings (SSSR count). The van der Waals surface area contributed by atoms with Gasteiger partial charge in [0.1, 0.15) is 7.11 Å². The maximum absolute atomic E-state index is 12.0. The second kappa shape index (κ2) is 6.25. The van der Waals surface area contributed by atoms with Gasteiger partial charge >= 0.3 is 5.97 Å². The molecule has 0 fully saturated rings. The first kappa shape index (κ1) is 12.8. The molecule has 0 amide bonds. The Balaban J connectivity index is 4.60. The van der Waals surface area contributed by atoms with E-state index in [1.54, 1.807) is 0 Å². The van der Waals surface area contributed by atoms with Crippen LogP contribution in [0.25, 0.3) is 0 Å². The van der Waals surface area contributed by atoms with Crippen molar-refractivity contribution >= 4 is 11.7 Å². The largest absolute Gasteiger partial charge is 0.461 e. The Morgan fingerprint density at radius 2 is 2.14 bits per heavy atom. The van der Waals surface area contributed by atoms with Crippen molar-refractivity contribution in [2.24, 2.45) is 5.16 Å². The molecule has 14 heavy (non-hydrogen) atoms. The highest BCUT2D eigenvalue weighted by Crippen LogP contribution is 2.05. The summed E-state index contributed by atoms with van der Waals surface area (Å²) < 4.78 is 28.4. The quantitative estimate of drug-likeness (QED) is 0.400. The molecule has 0 unspecified atom stereocenters. The van der Waals surface area contributed by atoms with E-state index in [4.69, 9.17) is 5.11 Å². The number of esters is 1. The summed E-state index contributed by atoms with van der Waals surface area (Å²) in [6.07, 6.45) is -5.41. The lowest BCUT2D eigenvalue weighted by atomic mass is 10.2. The van der Waals surface area contributed by atoms with Gasteiger partial charge in [-0.15, -0.1) is 0 Å². The molecule has 0 saturated carbocycles. The van der Waals surface area contributed by atoms with Crippen molar-refractivity contribution in [1.29, 1.82) is 0 Å². The van der Waals surface area contributed by atoms with Crippen molar-refractivity contribution in [3.8, 4) is 0 Å². The van der Waals surface area contributed by atoms with Crippen LogP contribution in [0.5, 0.6) is 0 Å². The molecule has 0 aromatic carbocycles. The third-order valence-corrected chi connectivity index (χ3v) is 1.19. The van der Waals surface area contributed by atoms with E-state index >= 15 is 0 Å². The van der Waals surface area contributed by atoms with Gasteiger partial charge in [0.15, 0.2) is 11.8 Å². The van der Waals surface area contributed by atoms with Gasteiger partial charge in [-0.2, -0.15) is 0 Å². The standard InChI is InChI=1S/C7H11F2NO4/c1-3-14-7(12)4(10-13-2)5(11)6(8)9/h5-6,11H,3H2,1-2H3/b10-4-/t5-/m0/s1. The van der Waals surface area contributed by atoms with Gasteiger partial charge in [-0.3, -0.25) is 0 Å². The van der Waals surface area contributed by atoms with Crippen LogP contribution in [-0.4, -0.2) is 43.0 Å². The normalized spacial score (nSPS) is 14.0. The highest BCUT2D eigenvalue weighted by molar-refractivity contribution is 6.38. The van der Waals surface area contributed by atoms with Crippen molar-refractivity contribution < 1.29 is 28.3 Å². The first-order valence-corrected chi connectivity index (χ1v) is 3.79. The summed E-state index contributed by atoms with van der Waals surface area (Å²) in [4.78, 5) is 15.1. The number of rotatable bonds is 5. The summed E-state index contributed by atoms with van der Waals surface area (Å²) in [7, 11) is 1.07. The molecule has 0 aliphatic carbocycles. The molecule has 82 valence electrons. The average molecular weight is 211 g/mol. The molecule has 0 radical (unpaired) electrons. The molecule has 1 atom stereocenters. The number of halogens is 2. The van der Waals surface area contributed by atoms with Crippen molar-refractivity contribution in [3.63, 3.8) is 0 Å². The van der Waals surface area contributed by atoms with E-state index in [9.17, 15) is 13.6 Å². The lowest BCUT2D eigenvalue weighted by Gasteiger charge is -2.10. The van der Waals surface area contributed by atoms with Gasteiger partial charge in [0.25, 0.3) is 6.43 Å². The van der Waals surface area contributed by atoms with Gasteiger partial charge in [-0.1, -0.05) is 5.16 Å². The van der Waals surface area contributed by atoms with Gasteiger partial charge in [0.05, 0.1) is 6.61 Å². The average Bonchev–Trinajstić information content (AvgIpc) is 2.13. The fraction of sp³-hybridized carbons (Fsp3) is 0.714. The van der Waals surface area contributed by atoms with Gasteiger partial charge in [0, 0.05) is 0 Å². The number of oxime groups is 1. The Kier molecular flexibility index (Phi) is 5.70. The number of ether oxygens (including phenoxy) is 1. The lowest BCUT2D eigenvalue weighted by molar-refractivity contribution is -0.136. The minimum absolute atomic E-state index is 0.00245. The zero-order chi connectivity index (χ0) is 11.1. The molecule has 0 bridgehead atoms. The molecule has 0 saturated heterocycles. The second-order valence-corrected chi connectivity index (χ2v) is 2.16. The van der Waals surface area contributed by atoms with Crippen LogP contribution in [0.15, 0.2) is 5.16 Å². The molecule has 0 spiro atoms. The SMILES string of the molecule is CCOC(=O)/C(=N\OC)[C@H](O)C(F)F. The molecule has 0 aliphatic rings. The highest BCUT2D eigenvalue weighted by atomic mass is 19.3. The molecule has 1 N–H and O–H groups in total. The molecular weight excluding hydrogens is 200 g/mol. The van der Waals surface area contributed by atoms with Gasteiger partial charge < -0.3 is 14.7 Å². The van der Waals surface area contributed by atoms with Crippen molar-refractivity contribution in [3.05, 3.63) is 0 Å². The van der Waals surface area contributed by atoms with E-state index in [0.29, 0.717) is 0 Å². The topological polar surface area (TPSA) is 68.1 Å². The molecule has 0 heterocycles. The number of carbonyl (C=O) groups is 1. The highest BCUT2D eigenvalue weighted by Gasteiger charge is 2.30. The third-order valence-electron chi connectivity index (χ3n) is 1.19. The van der Waals surface area contributed by atoms with Crippen LogP contribution < -0.4 is 0 Å². The molecule has 7 heteroatoms. The zero-order valence-corrected chi connectivity index (χ0v) is 7.74. The third kappa shape index (κ3) is 3.65. The number of aliphatic hydroxyl groups excluding tert-OH is 1. The minimum Gasteiger partial charge on any atom is -0.461 e. The van der Waals surface area contributed by atoms with E-state index in [1.165, 1.54) is 6.92 Å². The monoisotopic (exact) mass is 211 g/mol. The molecule has 0 aromatic rings. The summed E-state index contributed by atoms with van der Waals surface area (Å²) in [6.45, 7) is 1.49. The molecular formula is C7H11F2NO4. The summed E-state index contributed by atoms with van der Waals surface area (Å²) in [6, 6.07) is 0. The fourth-order valence-electron chi connectivity index (χ4n) is 0.635. The number of alkyl halides is 2. The minimum atomic E-state index is -3.12. The van der Waals surface area contributed by atoms with E-state index < -0.39 is 24.2 Å². The van der Waals surface area contributed by atoms with Crippen molar-refractivity contribution in [1.82, 2.24) is 0 Å². The summed E-state index contributed by atoms with van der Waals surface area (Å²) >= 11 is 0. The van der Waals surface area contributed by atoms with Gasteiger partial charge in [-0.25, -0.2) is 13.6 Å². The van der Waals surface area contributed by atoms with Gasteiger partial charge in [0.2, 0.25) is 0 Å². The first-order chi connectivity index (χ1) is 6.54. The van der Waals surface area contributed by atoms with E-state index in [0.717, 1.165) is 7.11 Å². The number of hydrogen-bond donors (Lipinski definition) is 1. The van der Waals surface area contributed by atoms with Crippen molar-refractivity contribution in [2.45, 2.75) is 19.5 Å². The molecule has 0 aromatic heterocycles. The first-order valence-electron chi connectivity index (χ1n) is 3.79.